The Labute approximate surface area is 688 Å². The number of aromatic amines is 1. The van der Waals surface area contributed by atoms with Crippen LogP contribution < -0.4 is 81.4 Å². The first-order chi connectivity index (χ1) is 55.6. The molecule has 2 saturated heterocycles. The van der Waals surface area contributed by atoms with Crippen LogP contribution in [0.2, 0.25) is 0 Å². The number of hydrogen-bond donors (Lipinski definition) is 18. The first kappa shape index (κ1) is 97.7. The molecule has 43 heteroatoms. The number of H-pyrrole nitrogens is 1. The zero-order chi connectivity index (χ0) is 89.2. The number of guanidine groups is 1. The number of carbonyl (C=O) groups excluding carboxylic acids is 17. The number of amides is 16. The van der Waals surface area contributed by atoms with Crippen LogP contribution in [0.25, 0.3) is 10.9 Å². The molecule has 3 aromatic rings. The number of primary amides is 2. The fourth-order valence-corrected chi connectivity index (χ4v) is 14.0. The second-order valence-corrected chi connectivity index (χ2v) is 32.9. The Bertz CT molecular complexity index is 4320. The van der Waals surface area contributed by atoms with Gasteiger partial charge >= 0.3 is 5.97 Å². The molecule has 656 valence electrons. The number of likely N-dealkylation sites (tertiary alicyclic amines) is 1. The van der Waals surface area contributed by atoms with E-state index >= 15 is 19.2 Å². The molecule has 15 atom stereocenters. The Morgan fingerprint density at radius 3 is 1.91 bits per heavy atom. The van der Waals surface area contributed by atoms with Gasteiger partial charge in [-0.05, 0) is 93.7 Å². The highest BCUT2D eigenvalue weighted by atomic mass is 32.2. The van der Waals surface area contributed by atoms with Gasteiger partial charge in [-0.2, -0.15) is 8.42 Å². The number of aliphatic hydroxyl groups excluding tert-OH is 1. The first-order valence-electron chi connectivity index (χ1n) is 38.7. The molecule has 3 heterocycles. The van der Waals surface area contributed by atoms with E-state index in [0.717, 1.165) is 27.9 Å². The third kappa shape index (κ3) is 29.9. The Hall–Kier alpha value is -11.9. The number of hydrogen-bond acceptors (Lipinski definition) is 22. The van der Waals surface area contributed by atoms with Gasteiger partial charge < -0.3 is 111 Å². The van der Waals surface area contributed by atoms with Gasteiger partial charge in [0, 0.05) is 63.5 Å². The van der Waals surface area contributed by atoms with E-state index < -0.39 is 257 Å². The largest absolute Gasteiger partial charge is 0.459 e. The number of nitrogens with two attached hydrogens (primary N) is 4. The third-order valence-electron chi connectivity index (χ3n) is 19.7. The maximum Gasteiger partial charge on any atom is 0.325 e. The van der Waals surface area contributed by atoms with Crippen LogP contribution in [0.3, 0.4) is 0 Å². The molecule has 2 fully saturated rings. The van der Waals surface area contributed by atoms with Crippen molar-refractivity contribution in [1.29, 1.82) is 0 Å². The van der Waals surface area contributed by atoms with Crippen LogP contribution in [-0.4, -0.2) is 275 Å². The normalized spacial score (nSPS) is 20.7. The number of aromatic nitrogens is 1. The Balaban J connectivity index is 1.54. The molecule has 0 saturated carbocycles. The predicted octanol–water partition coefficient (Wildman–Crippen LogP) is -5.63. The van der Waals surface area contributed by atoms with E-state index in [0.29, 0.717) is 44.7 Å². The molecule has 5 rings (SSSR count). The van der Waals surface area contributed by atoms with Crippen molar-refractivity contribution >= 4 is 128 Å². The Morgan fingerprint density at radius 2 is 1.31 bits per heavy atom. The maximum atomic E-state index is 15.3. The average molecular weight is 1690 g/mol. The summed E-state index contributed by atoms with van der Waals surface area (Å²) in [7, 11) is -3.44. The number of cyclic esters (lactones) is 1. The molecule has 16 amide bonds. The smallest absolute Gasteiger partial charge is 0.325 e. The number of esters is 1. The van der Waals surface area contributed by atoms with Gasteiger partial charge in [-0.15, -0.1) is 0 Å². The molecule has 15 unspecified atom stereocenters. The highest BCUT2D eigenvalue weighted by Crippen LogP contribution is 2.26. The standard InChI is InChI=1S/C76H114N20O22S/c1-38(2)30-48-64(104)85-50(33-56(78)100)66(106)91-59(41(6)98)73(113)94(11)35-57(101)118-42(7)60(74(114)95(12)53(68(108)86-48)26-27-55(77)99)92-67(107)52(36-119(115,116)117)89-63(103)47(24-18-28-81-75(79)80)84-65(105)49(32-44-34-82-46-23-17-16-22-45(44)46)87-70(110)58(39(3)4)90-71(111)61(76(8,9)10)93-69(109)54-25-19-29-96(54)72(112)51(31-43-20-14-13-15-21-43)88-62(102)40(5)83-37-97/h13-17,20-23,34,37-42,47-54,58-61,82,98H,18-19,24-33,35-36H2,1-12H3,(H2,77,99)(H2,78,100)(H,83,97)(H,84,105)(H,85,104)(H,86,108)(H,87,110)(H,88,102)(H,89,103)(H,90,111)(H,91,106)(H,92,107)(H,93,109)(H4,79,80,81)(H,115,116,117). The van der Waals surface area contributed by atoms with Crippen molar-refractivity contribution < 1.29 is 104 Å². The first-order valence-corrected chi connectivity index (χ1v) is 40.3. The number of carbonyl (C=O) groups is 17. The molecular weight excluding hydrogens is 1580 g/mol. The number of fused-ring (bicyclic) bond motifs is 1. The lowest BCUT2D eigenvalue weighted by molar-refractivity contribution is -0.158. The van der Waals surface area contributed by atoms with Crippen molar-refractivity contribution in [2.75, 3.05) is 39.5 Å². The van der Waals surface area contributed by atoms with Crippen LogP contribution in [0.1, 0.15) is 132 Å². The van der Waals surface area contributed by atoms with E-state index in [9.17, 15) is 80.4 Å². The zero-order valence-corrected chi connectivity index (χ0v) is 69.4. The van der Waals surface area contributed by atoms with Gasteiger partial charge in [0.05, 0.1) is 12.5 Å². The Morgan fingerprint density at radius 1 is 0.706 bits per heavy atom. The quantitative estimate of drug-likeness (QED) is 0.00644. The van der Waals surface area contributed by atoms with Crippen LogP contribution in [0.4, 0.5) is 0 Å². The van der Waals surface area contributed by atoms with Crippen LogP contribution in [0, 0.1) is 17.3 Å². The molecule has 2 aliphatic heterocycles. The van der Waals surface area contributed by atoms with E-state index in [4.69, 9.17) is 27.7 Å². The van der Waals surface area contributed by atoms with Gasteiger partial charge in [0.1, 0.15) is 96.9 Å². The Kier molecular flexibility index (Phi) is 36.6. The van der Waals surface area contributed by atoms with Crippen LogP contribution in [0.15, 0.2) is 65.8 Å². The molecule has 1 aromatic heterocycles. The molecule has 0 bridgehead atoms. The average Bonchev–Trinajstić information content (AvgIpc) is 1.77. The summed E-state index contributed by atoms with van der Waals surface area (Å²) in [5.74, 6) is -21.1. The van der Waals surface area contributed by atoms with Crippen molar-refractivity contribution in [1.82, 2.24) is 78.2 Å². The maximum absolute atomic E-state index is 15.3. The second-order valence-electron chi connectivity index (χ2n) is 31.4. The molecule has 0 aliphatic carbocycles. The summed E-state index contributed by atoms with van der Waals surface area (Å²) in [5, 5.41) is 38.5. The van der Waals surface area contributed by atoms with Gasteiger partial charge in [-0.25, -0.2) is 0 Å². The van der Waals surface area contributed by atoms with Gasteiger partial charge in [0.25, 0.3) is 10.1 Å². The number of para-hydroxylation sites is 1. The molecule has 0 spiro atoms. The second kappa shape index (κ2) is 44.6. The highest BCUT2D eigenvalue weighted by Gasteiger charge is 2.46. The van der Waals surface area contributed by atoms with Crippen molar-refractivity contribution in [2.24, 2.45) is 45.2 Å². The highest BCUT2D eigenvalue weighted by molar-refractivity contribution is 7.85. The SMILES string of the molecule is CC(C)CC1NC(=O)C(CCC(N)=O)N(C)C(=O)C(NC(=O)C(CS(=O)(=O)O)NC(=O)C(CCCN=C(N)N)NC(=O)C(Cc2c[nH]c3ccccc23)NC(=O)C(NC(=O)C(NC(=O)C2CCCN2C(=O)C(Cc2ccccc2)NC(=O)C(C)NC=O)C(C)(C)C)C(C)C)C(C)OC(=O)CN(C)C(=O)C(C(C)O)NC(=O)C(CC(N)=O)NC1=O. The number of aliphatic imine (C=N–C) groups is 1. The van der Waals surface area contributed by atoms with E-state index in [2.05, 4.69) is 68.5 Å². The van der Waals surface area contributed by atoms with Gasteiger partial charge in [-0.3, -0.25) is 91.1 Å². The van der Waals surface area contributed by atoms with Crippen molar-refractivity contribution in [3.63, 3.8) is 0 Å². The van der Waals surface area contributed by atoms with Crippen molar-refractivity contribution in [3.8, 4) is 0 Å². The third-order valence-corrected chi connectivity index (χ3v) is 20.5. The van der Waals surface area contributed by atoms with Crippen molar-refractivity contribution in [3.05, 3.63) is 71.9 Å². The van der Waals surface area contributed by atoms with E-state index in [1.54, 1.807) is 109 Å². The summed E-state index contributed by atoms with van der Waals surface area (Å²) in [6.07, 6.45) is -4.74. The number of ether oxygens (including phenoxy) is 1. The van der Waals surface area contributed by atoms with Crippen molar-refractivity contribution in [2.45, 2.75) is 224 Å². The number of nitrogens with one attached hydrogen (secondary N) is 12. The molecule has 2 aliphatic rings. The van der Waals surface area contributed by atoms with Gasteiger partial charge in [0.2, 0.25) is 95.0 Å². The summed E-state index contributed by atoms with van der Waals surface area (Å²) in [4.78, 5) is 249. The number of nitrogens with zero attached hydrogens (tertiary/aromatic N) is 4. The lowest BCUT2D eigenvalue weighted by atomic mass is 9.85. The monoisotopic (exact) mass is 1690 g/mol. The van der Waals surface area contributed by atoms with E-state index in [1.807, 2.05) is 0 Å². The fraction of sp³-hybridized carbons (Fsp3) is 0.579. The topological polar surface area (TPSA) is 648 Å². The molecule has 0 radical (unpaired) electrons. The number of rotatable bonds is 36. The molecule has 119 heavy (non-hydrogen) atoms. The number of likely N-dealkylation sites (N-methyl/N-ethyl adjacent to an activating group) is 2. The summed E-state index contributed by atoms with van der Waals surface area (Å²) in [6, 6.07) is -6.47. The van der Waals surface area contributed by atoms with Gasteiger partial charge in [-0.1, -0.05) is 97.0 Å². The van der Waals surface area contributed by atoms with Crippen LogP contribution in [-0.2, 0) is 109 Å². The van der Waals surface area contributed by atoms with Crippen LogP contribution in [0.5, 0.6) is 0 Å². The molecule has 42 nitrogen and oxygen atoms in total. The predicted molar refractivity (Wildman–Crippen MR) is 429 cm³/mol. The van der Waals surface area contributed by atoms with Gasteiger partial charge in [0.15, 0.2) is 5.96 Å². The summed E-state index contributed by atoms with van der Waals surface area (Å²) < 4.78 is 42.1. The summed E-state index contributed by atoms with van der Waals surface area (Å²) >= 11 is 0. The minimum atomic E-state index is -5.43. The molecule has 2 aromatic carbocycles. The zero-order valence-electron chi connectivity index (χ0n) is 68.6. The molecular formula is C76H114N20O22S. The van der Waals surface area contributed by atoms with E-state index in [-0.39, 0.29) is 45.2 Å². The van der Waals surface area contributed by atoms with E-state index in [1.165, 1.54) is 11.8 Å². The lowest BCUT2D eigenvalue weighted by Gasteiger charge is -2.35. The summed E-state index contributed by atoms with van der Waals surface area (Å²) in [6.45, 7) is 13.6. The minimum absolute atomic E-state index is 0.00863. The minimum Gasteiger partial charge on any atom is -0.459 e. The number of aliphatic hydroxyl groups is 1. The lowest BCUT2D eigenvalue weighted by Crippen LogP contribution is -2.63. The van der Waals surface area contributed by atoms with Crippen LogP contribution >= 0.6 is 0 Å². The summed E-state index contributed by atoms with van der Waals surface area (Å²) in [5.41, 5.74) is 22.8. The molecule has 22 N–H and O–H groups in total. The fourth-order valence-electron chi connectivity index (χ4n) is 13.3. The number of benzene rings is 2.